The number of hydrogen-bond acceptors (Lipinski definition) is 5. The molecule has 0 fully saturated rings. The molecule has 0 bridgehead atoms. The molecule has 35 heavy (non-hydrogen) atoms. The van der Waals surface area contributed by atoms with E-state index in [0.717, 1.165) is 23.3 Å². The van der Waals surface area contributed by atoms with E-state index in [2.05, 4.69) is 5.32 Å². The lowest BCUT2D eigenvalue weighted by Gasteiger charge is -2.18. The van der Waals surface area contributed by atoms with Gasteiger partial charge in [0.25, 0.3) is 5.56 Å². The molecule has 186 valence electrons. The molecule has 1 unspecified atom stereocenters. The Bertz CT molecular complexity index is 1260. The number of amides is 1. The monoisotopic (exact) mass is 505 g/mol. The molecule has 3 rings (SSSR count). The third-order valence-corrected chi connectivity index (χ3v) is 5.84. The number of halogens is 3. The van der Waals surface area contributed by atoms with Gasteiger partial charge in [-0.2, -0.15) is 0 Å². The molecule has 0 aliphatic carbocycles. The number of primary amides is 1. The van der Waals surface area contributed by atoms with Crippen LogP contribution in [-0.2, 0) is 24.5 Å². The summed E-state index contributed by atoms with van der Waals surface area (Å²) in [4.78, 5) is 24.3. The maximum absolute atomic E-state index is 13.9. The Morgan fingerprint density at radius 1 is 1.17 bits per heavy atom. The van der Waals surface area contributed by atoms with Gasteiger partial charge < -0.3 is 20.1 Å². The highest BCUT2D eigenvalue weighted by Crippen LogP contribution is 2.24. The van der Waals surface area contributed by atoms with Crippen molar-refractivity contribution >= 4 is 17.5 Å². The number of carbonyl (C=O) groups is 1. The van der Waals surface area contributed by atoms with Gasteiger partial charge in [0.2, 0.25) is 5.91 Å². The van der Waals surface area contributed by atoms with E-state index in [9.17, 15) is 23.5 Å². The summed E-state index contributed by atoms with van der Waals surface area (Å²) < 4.78 is 34.0. The lowest BCUT2D eigenvalue weighted by atomic mass is 10.1. The minimum Gasteiger partial charge on any atom is -0.487 e. The number of pyridine rings is 1. The highest BCUT2D eigenvalue weighted by molar-refractivity contribution is 6.31. The number of nitrogens with one attached hydrogen (secondary N) is 1. The SMILES string of the molecule is Cc1cc(OCc2ccc(F)cc2F)c(Cl)c(=O)n1Cc1ccc(CN[C@H](C(N)=O)C(C)O)cc1. The van der Waals surface area contributed by atoms with Crippen molar-refractivity contribution in [3.8, 4) is 5.75 Å². The van der Waals surface area contributed by atoms with E-state index in [4.69, 9.17) is 22.1 Å². The van der Waals surface area contributed by atoms with Crippen molar-refractivity contribution < 1.29 is 23.4 Å². The first-order valence-corrected chi connectivity index (χ1v) is 11.2. The molecular formula is C25H26ClF2N3O4. The van der Waals surface area contributed by atoms with Crippen LogP contribution in [-0.4, -0.2) is 27.7 Å². The van der Waals surface area contributed by atoms with Crippen LogP contribution in [0.2, 0.25) is 5.02 Å². The summed E-state index contributed by atoms with van der Waals surface area (Å²) in [6, 6.07) is 11.2. The normalized spacial score (nSPS) is 12.9. The average molecular weight is 506 g/mol. The van der Waals surface area contributed by atoms with Gasteiger partial charge in [0.05, 0.1) is 12.6 Å². The number of benzene rings is 2. The molecule has 0 radical (unpaired) electrons. The molecule has 0 saturated heterocycles. The smallest absolute Gasteiger partial charge is 0.273 e. The predicted octanol–water partition coefficient (Wildman–Crippen LogP) is 3.04. The number of aromatic nitrogens is 1. The minimum atomic E-state index is -0.923. The molecular weight excluding hydrogens is 480 g/mol. The lowest BCUT2D eigenvalue weighted by Crippen LogP contribution is -2.47. The topological polar surface area (TPSA) is 107 Å². The zero-order valence-corrected chi connectivity index (χ0v) is 20.0. The van der Waals surface area contributed by atoms with Crippen molar-refractivity contribution in [3.05, 3.63) is 97.9 Å². The Hall–Kier alpha value is -3.27. The van der Waals surface area contributed by atoms with Crippen LogP contribution in [0.15, 0.2) is 53.3 Å². The van der Waals surface area contributed by atoms with E-state index >= 15 is 0 Å². The van der Waals surface area contributed by atoms with Crippen LogP contribution in [0.3, 0.4) is 0 Å². The fourth-order valence-electron chi connectivity index (χ4n) is 3.49. The fraction of sp³-hybridized carbons (Fsp3) is 0.280. The standard InChI is InChI=1S/C25H26ClF2N3O4/c1-14-9-21(35-13-18-7-8-19(27)10-20(18)28)22(26)25(34)31(14)12-17-5-3-16(4-6-17)11-30-23(15(2)32)24(29)33/h3-10,15,23,30,32H,11-13H2,1-2H3,(H2,29,33)/t15?,23-/m0/s1. The van der Waals surface area contributed by atoms with Gasteiger partial charge in [-0.3, -0.25) is 14.9 Å². The van der Waals surface area contributed by atoms with Gasteiger partial charge in [0.15, 0.2) is 0 Å². The van der Waals surface area contributed by atoms with Gasteiger partial charge in [-0.05, 0) is 37.1 Å². The van der Waals surface area contributed by atoms with Crippen LogP contribution in [0.25, 0.3) is 0 Å². The first kappa shape index (κ1) is 26.3. The van der Waals surface area contributed by atoms with E-state index in [1.807, 2.05) is 24.3 Å². The van der Waals surface area contributed by atoms with Crippen molar-refractivity contribution in [2.75, 3.05) is 0 Å². The summed E-state index contributed by atoms with van der Waals surface area (Å²) in [5, 5.41) is 12.4. The summed E-state index contributed by atoms with van der Waals surface area (Å²) in [7, 11) is 0. The average Bonchev–Trinajstić information content (AvgIpc) is 2.79. The second-order valence-electron chi connectivity index (χ2n) is 8.20. The molecule has 3 aromatic rings. The van der Waals surface area contributed by atoms with Gasteiger partial charge in [0, 0.05) is 29.9 Å². The van der Waals surface area contributed by atoms with Gasteiger partial charge in [-0.15, -0.1) is 0 Å². The van der Waals surface area contributed by atoms with E-state index in [1.165, 1.54) is 17.6 Å². The number of hydrogen-bond donors (Lipinski definition) is 3. The Kier molecular flexibility index (Phi) is 8.61. The van der Waals surface area contributed by atoms with Gasteiger partial charge in [-0.25, -0.2) is 8.78 Å². The second kappa shape index (κ2) is 11.4. The van der Waals surface area contributed by atoms with Crippen molar-refractivity contribution in [2.24, 2.45) is 5.73 Å². The number of nitrogens with two attached hydrogens (primary N) is 1. The molecule has 0 aliphatic rings. The first-order valence-electron chi connectivity index (χ1n) is 10.8. The molecule has 7 nitrogen and oxygen atoms in total. The Balaban J connectivity index is 1.70. The van der Waals surface area contributed by atoms with Crippen LogP contribution < -0.4 is 21.3 Å². The van der Waals surface area contributed by atoms with Crippen LogP contribution in [0.5, 0.6) is 5.75 Å². The number of rotatable bonds is 10. The van der Waals surface area contributed by atoms with E-state index in [-0.39, 0.29) is 29.5 Å². The first-order chi connectivity index (χ1) is 16.6. The number of carbonyl (C=O) groups excluding carboxylic acids is 1. The Morgan fingerprint density at radius 3 is 2.43 bits per heavy atom. The summed E-state index contributed by atoms with van der Waals surface area (Å²) in [5.74, 6) is -1.97. The van der Waals surface area contributed by atoms with Gasteiger partial charge in [0.1, 0.15) is 35.1 Å². The highest BCUT2D eigenvalue weighted by Gasteiger charge is 2.20. The third kappa shape index (κ3) is 6.66. The number of ether oxygens (including phenoxy) is 1. The quantitative estimate of drug-likeness (QED) is 0.393. The minimum absolute atomic E-state index is 0.109. The van der Waals surface area contributed by atoms with Crippen LogP contribution in [0.1, 0.15) is 29.3 Å². The lowest BCUT2D eigenvalue weighted by molar-refractivity contribution is -0.122. The molecule has 2 atom stereocenters. The molecule has 2 aromatic carbocycles. The third-order valence-electron chi connectivity index (χ3n) is 5.49. The molecule has 1 amide bonds. The maximum Gasteiger partial charge on any atom is 0.273 e. The number of aliphatic hydroxyl groups is 1. The molecule has 0 saturated carbocycles. The van der Waals surface area contributed by atoms with Crippen LogP contribution in [0.4, 0.5) is 8.78 Å². The van der Waals surface area contributed by atoms with Crippen LogP contribution >= 0.6 is 11.6 Å². The molecule has 10 heteroatoms. The Morgan fingerprint density at radius 2 is 1.83 bits per heavy atom. The molecule has 0 spiro atoms. The van der Waals surface area contributed by atoms with Gasteiger partial charge in [-0.1, -0.05) is 35.9 Å². The largest absolute Gasteiger partial charge is 0.487 e. The zero-order chi connectivity index (χ0) is 25.7. The molecule has 1 aromatic heterocycles. The van der Waals surface area contributed by atoms with Gasteiger partial charge >= 0.3 is 0 Å². The molecule has 1 heterocycles. The van der Waals surface area contributed by atoms with Crippen molar-refractivity contribution in [1.29, 1.82) is 0 Å². The van der Waals surface area contributed by atoms with Crippen molar-refractivity contribution in [1.82, 2.24) is 9.88 Å². The van der Waals surface area contributed by atoms with E-state index < -0.39 is 35.2 Å². The van der Waals surface area contributed by atoms with E-state index in [1.54, 1.807) is 13.0 Å². The predicted molar refractivity (Wildman–Crippen MR) is 128 cm³/mol. The fourth-order valence-corrected chi connectivity index (χ4v) is 3.70. The zero-order valence-electron chi connectivity index (χ0n) is 19.2. The number of nitrogens with zero attached hydrogens (tertiary/aromatic N) is 1. The summed E-state index contributed by atoms with van der Waals surface area (Å²) in [6.07, 6.45) is -0.923. The highest BCUT2D eigenvalue weighted by atomic mass is 35.5. The van der Waals surface area contributed by atoms with Crippen molar-refractivity contribution in [3.63, 3.8) is 0 Å². The summed E-state index contributed by atoms with van der Waals surface area (Å²) >= 11 is 6.24. The van der Waals surface area contributed by atoms with E-state index in [0.29, 0.717) is 12.2 Å². The molecule has 0 aliphatic heterocycles. The maximum atomic E-state index is 13.9. The van der Waals surface area contributed by atoms with Crippen molar-refractivity contribution in [2.45, 2.75) is 45.7 Å². The summed E-state index contributed by atoms with van der Waals surface area (Å²) in [5.41, 5.74) is 7.23. The molecule has 4 N–H and O–H groups in total. The number of aliphatic hydroxyl groups excluding tert-OH is 1. The second-order valence-corrected chi connectivity index (χ2v) is 8.58. The van der Waals surface area contributed by atoms with Crippen LogP contribution in [0, 0.1) is 18.6 Å². The Labute approximate surface area is 206 Å². The summed E-state index contributed by atoms with van der Waals surface area (Å²) in [6.45, 7) is 3.57. The number of aryl methyl sites for hydroxylation is 1.